The fraction of sp³-hybridized carbons (Fsp3) is 0.500. The molecule has 0 spiro atoms. The van der Waals surface area contributed by atoms with Gasteiger partial charge in [0.1, 0.15) is 5.69 Å². The lowest BCUT2D eigenvalue weighted by Gasteiger charge is -2.35. The minimum atomic E-state index is -0.555. The third kappa shape index (κ3) is 3.12. The topological polar surface area (TPSA) is 109 Å². The Morgan fingerprint density at radius 3 is 2.58 bits per heavy atom. The molecule has 0 aromatic carbocycles. The molecule has 19 heavy (non-hydrogen) atoms. The van der Waals surface area contributed by atoms with Crippen molar-refractivity contribution in [3.8, 4) is 0 Å². The Labute approximate surface area is 111 Å². The Bertz CT molecular complexity index is 457. The number of carbonyl (C=O) groups excluding carboxylic acids is 1. The molecule has 0 aliphatic carbocycles. The average Bonchev–Trinajstić information content (AvgIpc) is 2.40. The first-order valence-corrected chi connectivity index (χ1v) is 6.26. The Kier molecular flexibility index (Phi) is 4.18. The molecule has 5 N–H and O–H groups in total. The lowest BCUT2D eigenvalue weighted by atomic mass is 10.2. The first-order valence-electron chi connectivity index (χ1n) is 6.26. The highest BCUT2D eigenvalue weighted by Gasteiger charge is 2.20. The number of nitrogens with two attached hydrogens (primary N) is 2. The van der Waals surface area contributed by atoms with Gasteiger partial charge in [-0.1, -0.05) is 0 Å². The Morgan fingerprint density at radius 1 is 1.32 bits per heavy atom. The SMILES string of the molecule is NC(=O)c1ccc(N)c(N2CCN(CCO)CC2)n1. The maximum Gasteiger partial charge on any atom is 0.267 e. The second-order valence-electron chi connectivity index (χ2n) is 4.53. The van der Waals surface area contributed by atoms with E-state index in [4.69, 9.17) is 16.6 Å². The lowest BCUT2D eigenvalue weighted by Crippen LogP contribution is -2.47. The molecular weight excluding hydrogens is 246 g/mol. The van der Waals surface area contributed by atoms with Gasteiger partial charge in [-0.15, -0.1) is 0 Å². The van der Waals surface area contributed by atoms with E-state index in [1.165, 1.54) is 6.07 Å². The second kappa shape index (κ2) is 5.85. The number of piperazine rings is 1. The summed E-state index contributed by atoms with van der Waals surface area (Å²) >= 11 is 0. The minimum absolute atomic E-state index is 0.164. The normalized spacial score (nSPS) is 16.6. The molecule has 0 unspecified atom stereocenters. The molecule has 104 valence electrons. The zero-order valence-electron chi connectivity index (χ0n) is 10.7. The predicted molar refractivity (Wildman–Crippen MR) is 72.9 cm³/mol. The van der Waals surface area contributed by atoms with Crippen LogP contribution in [-0.4, -0.2) is 60.2 Å². The highest BCUT2D eigenvalue weighted by molar-refractivity contribution is 5.91. The van der Waals surface area contributed by atoms with Crippen molar-refractivity contribution in [3.63, 3.8) is 0 Å². The molecule has 1 fully saturated rings. The molecular formula is C12H19N5O2. The summed E-state index contributed by atoms with van der Waals surface area (Å²) in [6.45, 7) is 4.04. The molecule has 0 saturated carbocycles. The number of hydrogen-bond donors (Lipinski definition) is 3. The van der Waals surface area contributed by atoms with Crippen LogP contribution in [0.4, 0.5) is 11.5 Å². The Morgan fingerprint density at radius 2 is 2.00 bits per heavy atom. The van der Waals surface area contributed by atoms with Crippen LogP contribution in [0.3, 0.4) is 0 Å². The average molecular weight is 265 g/mol. The number of anilines is 2. The standard InChI is InChI=1S/C12H19N5O2/c13-9-1-2-10(11(14)19)15-12(9)17-5-3-16(4-6-17)7-8-18/h1-2,18H,3-8,13H2,(H2,14,19). The first kappa shape index (κ1) is 13.6. The van der Waals surface area contributed by atoms with E-state index >= 15 is 0 Å². The first-order chi connectivity index (χ1) is 9.11. The van der Waals surface area contributed by atoms with Crippen molar-refractivity contribution in [2.75, 3.05) is 50.0 Å². The monoisotopic (exact) mass is 265 g/mol. The number of β-amino-alcohol motifs (C(OH)–C–C–N with tert-alkyl or cyclic N) is 1. The van der Waals surface area contributed by atoms with Crippen LogP contribution in [0.5, 0.6) is 0 Å². The number of amides is 1. The molecule has 2 heterocycles. The molecule has 0 radical (unpaired) electrons. The zero-order chi connectivity index (χ0) is 13.8. The van der Waals surface area contributed by atoms with Crippen molar-refractivity contribution in [2.45, 2.75) is 0 Å². The number of primary amides is 1. The van der Waals surface area contributed by atoms with Gasteiger partial charge in [-0.25, -0.2) is 4.98 Å². The van der Waals surface area contributed by atoms with Crippen LogP contribution < -0.4 is 16.4 Å². The minimum Gasteiger partial charge on any atom is -0.396 e. The molecule has 1 aromatic rings. The van der Waals surface area contributed by atoms with Gasteiger partial charge in [-0.05, 0) is 12.1 Å². The van der Waals surface area contributed by atoms with Crippen LogP contribution in [-0.2, 0) is 0 Å². The number of aliphatic hydroxyl groups excluding tert-OH is 1. The van der Waals surface area contributed by atoms with Gasteiger partial charge in [0.05, 0.1) is 12.3 Å². The van der Waals surface area contributed by atoms with E-state index in [9.17, 15) is 4.79 Å². The summed E-state index contributed by atoms with van der Waals surface area (Å²) in [6.07, 6.45) is 0. The van der Waals surface area contributed by atoms with Gasteiger partial charge in [0.15, 0.2) is 5.82 Å². The fourth-order valence-electron chi connectivity index (χ4n) is 2.17. The summed E-state index contributed by atoms with van der Waals surface area (Å²) in [6, 6.07) is 3.19. The van der Waals surface area contributed by atoms with E-state index in [1.807, 2.05) is 4.90 Å². The highest BCUT2D eigenvalue weighted by Crippen LogP contribution is 2.22. The van der Waals surface area contributed by atoms with E-state index in [1.54, 1.807) is 6.07 Å². The van der Waals surface area contributed by atoms with Crippen molar-refractivity contribution in [1.82, 2.24) is 9.88 Å². The molecule has 1 saturated heterocycles. The van der Waals surface area contributed by atoms with Gasteiger partial charge in [-0.2, -0.15) is 0 Å². The number of pyridine rings is 1. The van der Waals surface area contributed by atoms with Gasteiger partial charge >= 0.3 is 0 Å². The van der Waals surface area contributed by atoms with E-state index in [0.717, 1.165) is 26.2 Å². The van der Waals surface area contributed by atoms with Crippen molar-refractivity contribution >= 4 is 17.4 Å². The highest BCUT2D eigenvalue weighted by atomic mass is 16.3. The Balaban J connectivity index is 2.10. The van der Waals surface area contributed by atoms with E-state index in [-0.39, 0.29) is 12.3 Å². The van der Waals surface area contributed by atoms with E-state index in [2.05, 4.69) is 9.88 Å². The second-order valence-corrected chi connectivity index (χ2v) is 4.53. The lowest BCUT2D eigenvalue weighted by molar-refractivity contribution is 0.0995. The molecule has 1 amide bonds. The van der Waals surface area contributed by atoms with Crippen LogP contribution in [0.15, 0.2) is 12.1 Å². The van der Waals surface area contributed by atoms with Crippen molar-refractivity contribution < 1.29 is 9.90 Å². The van der Waals surface area contributed by atoms with Gasteiger partial charge in [0.2, 0.25) is 0 Å². The number of nitrogens with zero attached hydrogens (tertiary/aromatic N) is 3. The van der Waals surface area contributed by atoms with E-state index < -0.39 is 5.91 Å². The molecule has 1 aromatic heterocycles. The van der Waals surface area contributed by atoms with Gasteiger partial charge in [0.25, 0.3) is 5.91 Å². The Hall–Kier alpha value is -1.86. The number of carbonyl (C=O) groups is 1. The maximum atomic E-state index is 11.1. The third-order valence-electron chi connectivity index (χ3n) is 3.25. The smallest absolute Gasteiger partial charge is 0.267 e. The van der Waals surface area contributed by atoms with Crippen molar-refractivity contribution in [1.29, 1.82) is 0 Å². The largest absolute Gasteiger partial charge is 0.396 e. The number of aliphatic hydroxyl groups is 1. The van der Waals surface area contributed by atoms with Gasteiger partial charge < -0.3 is 21.5 Å². The maximum absolute atomic E-state index is 11.1. The molecule has 1 aliphatic rings. The van der Waals surface area contributed by atoms with E-state index in [0.29, 0.717) is 18.1 Å². The summed E-state index contributed by atoms with van der Waals surface area (Å²) in [5.41, 5.74) is 11.9. The molecule has 0 bridgehead atoms. The van der Waals surface area contributed by atoms with Crippen molar-refractivity contribution in [2.24, 2.45) is 5.73 Å². The summed E-state index contributed by atoms with van der Waals surface area (Å²) in [7, 11) is 0. The fourth-order valence-corrected chi connectivity index (χ4v) is 2.17. The van der Waals surface area contributed by atoms with Crippen molar-refractivity contribution in [3.05, 3.63) is 17.8 Å². The molecule has 0 atom stereocenters. The van der Waals surface area contributed by atoms with Gasteiger partial charge in [0, 0.05) is 32.7 Å². The number of rotatable bonds is 4. The summed E-state index contributed by atoms with van der Waals surface area (Å²) in [5.74, 6) is 0.0557. The molecule has 7 nitrogen and oxygen atoms in total. The van der Waals surface area contributed by atoms with Crippen LogP contribution in [0.1, 0.15) is 10.5 Å². The quantitative estimate of drug-likeness (QED) is 0.636. The molecule has 2 rings (SSSR count). The number of nitrogen functional groups attached to an aromatic ring is 1. The summed E-state index contributed by atoms with van der Waals surface area (Å²) < 4.78 is 0. The zero-order valence-corrected chi connectivity index (χ0v) is 10.7. The van der Waals surface area contributed by atoms with Crippen LogP contribution in [0.25, 0.3) is 0 Å². The molecule has 7 heteroatoms. The van der Waals surface area contributed by atoms with Crippen LogP contribution in [0, 0.1) is 0 Å². The van der Waals surface area contributed by atoms with Gasteiger partial charge in [-0.3, -0.25) is 9.69 Å². The number of aromatic nitrogens is 1. The predicted octanol–water partition coefficient (Wildman–Crippen LogP) is -1.12. The van der Waals surface area contributed by atoms with Crippen LogP contribution in [0.2, 0.25) is 0 Å². The van der Waals surface area contributed by atoms with Crippen LogP contribution >= 0.6 is 0 Å². The molecule has 1 aliphatic heterocycles. The summed E-state index contributed by atoms with van der Waals surface area (Å²) in [5, 5.41) is 8.90. The number of hydrogen-bond acceptors (Lipinski definition) is 6. The third-order valence-corrected chi connectivity index (χ3v) is 3.25. The summed E-state index contributed by atoms with van der Waals surface area (Å²) in [4.78, 5) is 19.6.